The Hall–Kier alpha value is -2.41. The van der Waals surface area contributed by atoms with Crippen molar-refractivity contribution in [2.45, 2.75) is 0 Å². The number of hydrogen-bond donors (Lipinski definition) is 3. The van der Waals surface area contributed by atoms with E-state index >= 15 is 0 Å². The Labute approximate surface area is 112 Å². The van der Waals surface area contributed by atoms with E-state index in [1.807, 2.05) is 5.32 Å². The summed E-state index contributed by atoms with van der Waals surface area (Å²) in [5, 5.41) is 14.1. The lowest BCUT2D eigenvalue weighted by atomic mass is 10.3. The number of imide groups is 1. The molecule has 1 aromatic rings. The Morgan fingerprint density at radius 3 is 2.84 bits per heavy atom. The highest BCUT2D eigenvalue weighted by Gasteiger charge is 2.19. The van der Waals surface area contributed by atoms with Crippen molar-refractivity contribution in [1.82, 2.24) is 5.32 Å². The minimum absolute atomic E-state index is 0.0700. The first kappa shape index (κ1) is 13.0. The molecule has 1 aromatic carbocycles. The molecule has 100 valence electrons. The number of amides is 3. The second kappa shape index (κ2) is 5.49. The quantitative estimate of drug-likeness (QED) is 0.716. The SMILES string of the molecule is O=C(NC(=O)C1=COCO1)Nc1cc(Cl)ccc1O. The Bertz CT molecular complexity index is 558. The van der Waals surface area contributed by atoms with Gasteiger partial charge in [0.2, 0.25) is 12.6 Å². The first-order valence-electron chi connectivity index (χ1n) is 5.11. The second-order valence-electron chi connectivity index (χ2n) is 3.48. The molecule has 1 heterocycles. The Kier molecular flexibility index (Phi) is 3.76. The number of phenolic OH excluding ortho intramolecular Hbond substituents is 1. The van der Waals surface area contributed by atoms with Crippen LogP contribution in [-0.2, 0) is 14.3 Å². The van der Waals surface area contributed by atoms with E-state index < -0.39 is 11.9 Å². The number of carbonyl (C=O) groups excluding carboxylic acids is 2. The number of phenols is 1. The minimum Gasteiger partial charge on any atom is -0.506 e. The lowest BCUT2D eigenvalue weighted by molar-refractivity contribution is -0.119. The molecule has 0 saturated carbocycles. The molecule has 2 rings (SSSR count). The van der Waals surface area contributed by atoms with Crippen LogP contribution in [0.4, 0.5) is 10.5 Å². The van der Waals surface area contributed by atoms with Gasteiger partial charge in [-0.3, -0.25) is 10.1 Å². The van der Waals surface area contributed by atoms with E-state index in [0.717, 1.165) is 6.26 Å². The normalized spacial score (nSPS) is 13.0. The van der Waals surface area contributed by atoms with Crippen molar-refractivity contribution >= 4 is 29.2 Å². The van der Waals surface area contributed by atoms with Crippen molar-refractivity contribution in [2.24, 2.45) is 0 Å². The van der Waals surface area contributed by atoms with Crippen LogP contribution >= 0.6 is 11.6 Å². The van der Waals surface area contributed by atoms with Gasteiger partial charge in [0, 0.05) is 5.02 Å². The van der Waals surface area contributed by atoms with E-state index in [4.69, 9.17) is 16.3 Å². The number of aromatic hydroxyl groups is 1. The lowest BCUT2D eigenvalue weighted by Gasteiger charge is -2.08. The zero-order valence-electron chi connectivity index (χ0n) is 9.47. The fourth-order valence-corrected chi connectivity index (χ4v) is 1.46. The van der Waals surface area contributed by atoms with Gasteiger partial charge in [0.1, 0.15) is 12.0 Å². The van der Waals surface area contributed by atoms with Gasteiger partial charge >= 0.3 is 6.03 Å². The molecule has 0 saturated heterocycles. The van der Waals surface area contributed by atoms with E-state index in [0.29, 0.717) is 5.02 Å². The number of urea groups is 1. The maximum absolute atomic E-state index is 11.5. The molecule has 0 bridgehead atoms. The summed E-state index contributed by atoms with van der Waals surface area (Å²) in [5.74, 6) is -1.03. The van der Waals surface area contributed by atoms with E-state index in [1.165, 1.54) is 18.2 Å². The third-order valence-corrected chi connectivity index (χ3v) is 2.37. The summed E-state index contributed by atoms with van der Waals surface area (Å²) in [7, 11) is 0. The van der Waals surface area contributed by atoms with Crippen molar-refractivity contribution in [3.8, 4) is 5.75 Å². The molecule has 3 N–H and O–H groups in total. The zero-order chi connectivity index (χ0) is 13.8. The Balaban J connectivity index is 1.97. The highest BCUT2D eigenvalue weighted by atomic mass is 35.5. The second-order valence-corrected chi connectivity index (χ2v) is 3.92. The standard InChI is InChI=1S/C11H9ClN2O5/c12-6-1-2-8(15)7(3-6)13-11(17)14-10(16)9-4-18-5-19-9/h1-4,15H,5H2,(H2,13,14,16,17). The van der Waals surface area contributed by atoms with Gasteiger partial charge in [0.15, 0.2) is 0 Å². The van der Waals surface area contributed by atoms with Gasteiger partial charge in [-0.15, -0.1) is 0 Å². The fourth-order valence-electron chi connectivity index (χ4n) is 1.29. The number of carbonyl (C=O) groups is 2. The number of benzene rings is 1. The van der Waals surface area contributed by atoms with Gasteiger partial charge in [0.05, 0.1) is 5.69 Å². The van der Waals surface area contributed by atoms with Crippen molar-refractivity contribution in [1.29, 1.82) is 0 Å². The third kappa shape index (κ3) is 3.29. The van der Waals surface area contributed by atoms with Crippen LogP contribution in [0.2, 0.25) is 5.02 Å². The van der Waals surface area contributed by atoms with Crippen LogP contribution < -0.4 is 10.6 Å². The average molecular weight is 285 g/mol. The first-order valence-corrected chi connectivity index (χ1v) is 5.49. The fraction of sp³-hybridized carbons (Fsp3) is 0.0909. The number of anilines is 1. The van der Waals surface area contributed by atoms with Crippen LogP contribution in [-0.4, -0.2) is 23.8 Å². The molecular formula is C11H9ClN2O5. The zero-order valence-corrected chi connectivity index (χ0v) is 10.2. The highest BCUT2D eigenvalue weighted by molar-refractivity contribution is 6.31. The molecule has 0 unspecified atom stereocenters. The van der Waals surface area contributed by atoms with E-state index in [2.05, 4.69) is 10.1 Å². The molecule has 1 aliphatic heterocycles. The van der Waals surface area contributed by atoms with Crippen LogP contribution in [0.5, 0.6) is 5.75 Å². The molecule has 0 spiro atoms. The summed E-state index contributed by atoms with van der Waals surface area (Å²) in [6, 6.07) is 3.28. The minimum atomic E-state index is -0.834. The molecule has 1 aliphatic rings. The van der Waals surface area contributed by atoms with Crippen LogP contribution in [0, 0.1) is 0 Å². The maximum atomic E-state index is 11.5. The van der Waals surface area contributed by atoms with Gasteiger partial charge in [-0.2, -0.15) is 0 Å². The number of ether oxygens (including phenoxy) is 2. The first-order chi connectivity index (χ1) is 9.06. The predicted molar refractivity (Wildman–Crippen MR) is 65.4 cm³/mol. The van der Waals surface area contributed by atoms with Gasteiger partial charge < -0.3 is 19.9 Å². The largest absolute Gasteiger partial charge is 0.506 e. The molecule has 19 heavy (non-hydrogen) atoms. The lowest BCUT2D eigenvalue weighted by Crippen LogP contribution is -2.35. The molecule has 8 heteroatoms. The maximum Gasteiger partial charge on any atom is 0.326 e. The smallest absolute Gasteiger partial charge is 0.326 e. The Morgan fingerprint density at radius 1 is 1.37 bits per heavy atom. The molecule has 7 nitrogen and oxygen atoms in total. The number of hydrogen-bond acceptors (Lipinski definition) is 5. The molecular weight excluding hydrogens is 276 g/mol. The number of nitrogens with one attached hydrogen (secondary N) is 2. The van der Waals surface area contributed by atoms with Crippen LogP contribution in [0.15, 0.2) is 30.2 Å². The van der Waals surface area contributed by atoms with Crippen molar-refractivity contribution in [3.63, 3.8) is 0 Å². The number of rotatable bonds is 2. The van der Waals surface area contributed by atoms with Gasteiger partial charge in [-0.1, -0.05) is 11.6 Å². The Morgan fingerprint density at radius 2 is 2.16 bits per heavy atom. The van der Waals surface area contributed by atoms with Crippen molar-refractivity contribution in [2.75, 3.05) is 12.1 Å². The van der Waals surface area contributed by atoms with E-state index in [9.17, 15) is 14.7 Å². The third-order valence-electron chi connectivity index (χ3n) is 2.13. The summed E-state index contributed by atoms with van der Waals surface area (Å²) in [5.41, 5.74) is 0.0790. The molecule has 0 aliphatic carbocycles. The summed E-state index contributed by atoms with van der Waals surface area (Å²) in [6.45, 7) is -0.0700. The summed E-state index contributed by atoms with van der Waals surface area (Å²) in [6.07, 6.45) is 1.10. The highest BCUT2D eigenvalue weighted by Crippen LogP contribution is 2.26. The van der Waals surface area contributed by atoms with E-state index in [-0.39, 0.29) is 24.0 Å². The van der Waals surface area contributed by atoms with Gasteiger partial charge in [0.25, 0.3) is 5.91 Å². The molecule has 0 atom stereocenters. The van der Waals surface area contributed by atoms with Crippen molar-refractivity contribution in [3.05, 3.63) is 35.2 Å². The molecule has 0 aromatic heterocycles. The van der Waals surface area contributed by atoms with Crippen LogP contribution in [0.1, 0.15) is 0 Å². The number of halogens is 1. The predicted octanol–water partition coefficient (Wildman–Crippen LogP) is 1.54. The monoisotopic (exact) mass is 284 g/mol. The van der Waals surface area contributed by atoms with Gasteiger partial charge in [-0.05, 0) is 18.2 Å². The van der Waals surface area contributed by atoms with Crippen LogP contribution in [0.3, 0.4) is 0 Å². The average Bonchev–Trinajstić information content (AvgIpc) is 2.87. The molecule has 0 fully saturated rings. The summed E-state index contributed by atoms with van der Waals surface area (Å²) >= 11 is 5.71. The van der Waals surface area contributed by atoms with Gasteiger partial charge in [-0.25, -0.2) is 4.79 Å². The molecule has 0 radical (unpaired) electrons. The van der Waals surface area contributed by atoms with Crippen LogP contribution in [0.25, 0.3) is 0 Å². The van der Waals surface area contributed by atoms with E-state index in [1.54, 1.807) is 0 Å². The summed E-state index contributed by atoms with van der Waals surface area (Å²) in [4.78, 5) is 23.0. The molecule has 3 amide bonds. The summed E-state index contributed by atoms with van der Waals surface area (Å²) < 4.78 is 9.46. The van der Waals surface area contributed by atoms with Crippen molar-refractivity contribution < 1.29 is 24.2 Å². The topological polar surface area (TPSA) is 96.9 Å².